The van der Waals surface area contributed by atoms with Gasteiger partial charge in [-0.3, -0.25) is 14.4 Å². The molecular formula is C75H114O6. The zero-order valence-electron chi connectivity index (χ0n) is 51.5. The van der Waals surface area contributed by atoms with Crippen LogP contribution in [0.4, 0.5) is 0 Å². The third-order valence-corrected chi connectivity index (χ3v) is 12.6. The summed E-state index contributed by atoms with van der Waals surface area (Å²) in [6.45, 7) is 6.21. The Morgan fingerprint density at radius 3 is 0.728 bits per heavy atom. The van der Waals surface area contributed by atoms with E-state index in [9.17, 15) is 14.4 Å². The van der Waals surface area contributed by atoms with Gasteiger partial charge in [0.15, 0.2) is 6.10 Å². The second-order valence-corrected chi connectivity index (χ2v) is 20.2. The van der Waals surface area contributed by atoms with Crippen molar-refractivity contribution in [2.24, 2.45) is 0 Å². The Kier molecular flexibility index (Phi) is 62.0. The summed E-state index contributed by atoms with van der Waals surface area (Å²) < 4.78 is 16.9. The van der Waals surface area contributed by atoms with Crippen LogP contribution in [0.2, 0.25) is 0 Å². The van der Waals surface area contributed by atoms with Gasteiger partial charge in [0.25, 0.3) is 0 Å². The van der Waals surface area contributed by atoms with Crippen LogP contribution in [0, 0.1) is 0 Å². The second-order valence-electron chi connectivity index (χ2n) is 20.2. The smallest absolute Gasteiger partial charge is 0.306 e. The van der Waals surface area contributed by atoms with Crippen molar-refractivity contribution in [2.75, 3.05) is 13.2 Å². The van der Waals surface area contributed by atoms with E-state index >= 15 is 0 Å². The van der Waals surface area contributed by atoms with Crippen molar-refractivity contribution >= 4 is 17.9 Å². The molecule has 0 fully saturated rings. The molecule has 0 amide bonds. The van der Waals surface area contributed by atoms with Crippen molar-refractivity contribution in [1.82, 2.24) is 0 Å². The molecule has 1 unspecified atom stereocenters. The normalized spacial score (nSPS) is 13.5. The van der Waals surface area contributed by atoms with Gasteiger partial charge in [0.2, 0.25) is 0 Å². The molecule has 6 heteroatoms. The van der Waals surface area contributed by atoms with Crippen molar-refractivity contribution < 1.29 is 28.6 Å². The summed E-state index contributed by atoms with van der Waals surface area (Å²) in [4.78, 5) is 38.3. The fourth-order valence-electron chi connectivity index (χ4n) is 7.91. The van der Waals surface area contributed by atoms with E-state index in [1.165, 1.54) is 25.7 Å². The van der Waals surface area contributed by atoms with E-state index in [1.807, 2.05) is 0 Å². The van der Waals surface area contributed by atoms with Crippen LogP contribution in [0.5, 0.6) is 0 Å². The lowest BCUT2D eigenvalue weighted by Gasteiger charge is -2.18. The van der Waals surface area contributed by atoms with E-state index in [0.717, 1.165) is 161 Å². The molecule has 0 spiro atoms. The molecular weight excluding hydrogens is 997 g/mol. The van der Waals surface area contributed by atoms with Crippen LogP contribution in [0.3, 0.4) is 0 Å². The minimum atomic E-state index is -0.832. The van der Waals surface area contributed by atoms with Crippen LogP contribution in [0.1, 0.15) is 239 Å². The lowest BCUT2D eigenvalue weighted by Crippen LogP contribution is -2.30. The molecule has 0 aromatic heterocycles. The Hall–Kier alpha value is -5.75. The Balaban J connectivity index is 4.57. The second kappa shape index (κ2) is 66.8. The number of allylic oxidation sites excluding steroid dienone is 32. The van der Waals surface area contributed by atoms with Gasteiger partial charge in [-0.1, -0.05) is 254 Å². The van der Waals surface area contributed by atoms with Gasteiger partial charge in [-0.25, -0.2) is 0 Å². The van der Waals surface area contributed by atoms with Crippen molar-refractivity contribution in [3.05, 3.63) is 194 Å². The third-order valence-electron chi connectivity index (χ3n) is 12.6. The van der Waals surface area contributed by atoms with Crippen LogP contribution in [-0.4, -0.2) is 37.2 Å². The van der Waals surface area contributed by atoms with Crippen molar-refractivity contribution in [2.45, 2.75) is 245 Å². The average Bonchev–Trinajstić information content (AvgIpc) is 3.47. The molecule has 0 saturated heterocycles. The van der Waals surface area contributed by atoms with Crippen LogP contribution >= 0.6 is 0 Å². The Bertz CT molecular complexity index is 1950. The lowest BCUT2D eigenvalue weighted by molar-refractivity contribution is -0.167. The highest BCUT2D eigenvalue weighted by Gasteiger charge is 2.19. The maximum Gasteiger partial charge on any atom is 0.306 e. The fraction of sp³-hybridized carbons (Fsp3) is 0.533. The molecule has 81 heavy (non-hydrogen) atoms. The molecule has 0 bridgehead atoms. The van der Waals surface area contributed by atoms with Gasteiger partial charge in [-0.2, -0.15) is 0 Å². The number of unbranched alkanes of at least 4 members (excludes halogenated alkanes) is 12. The van der Waals surface area contributed by atoms with Gasteiger partial charge in [0.05, 0.1) is 0 Å². The molecule has 0 aromatic rings. The summed E-state index contributed by atoms with van der Waals surface area (Å²) in [6.07, 6.45) is 101. The summed E-state index contributed by atoms with van der Waals surface area (Å²) in [6, 6.07) is 0. The van der Waals surface area contributed by atoms with Gasteiger partial charge in [0, 0.05) is 19.3 Å². The van der Waals surface area contributed by atoms with Crippen LogP contribution in [-0.2, 0) is 28.6 Å². The highest BCUT2D eigenvalue weighted by atomic mass is 16.6. The fourth-order valence-corrected chi connectivity index (χ4v) is 7.91. The van der Waals surface area contributed by atoms with Crippen LogP contribution in [0.15, 0.2) is 194 Å². The molecule has 0 aliphatic rings. The number of carbonyl (C=O) groups excluding carboxylic acids is 3. The Labute approximate surface area is 497 Å². The van der Waals surface area contributed by atoms with Gasteiger partial charge in [-0.15, -0.1) is 0 Å². The zero-order chi connectivity index (χ0) is 58.5. The predicted molar refractivity (Wildman–Crippen MR) is 352 cm³/mol. The van der Waals surface area contributed by atoms with Gasteiger partial charge >= 0.3 is 17.9 Å². The number of ether oxygens (including phenoxy) is 3. The molecule has 0 heterocycles. The number of esters is 3. The first-order chi connectivity index (χ1) is 40.0. The zero-order valence-corrected chi connectivity index (χ0v) is 51.5. The van der Waals surface area contributed by atoms with Crippen molar-refractivity contribution in [3.8, 4) is 0 Å². The van der Waals surface area contributed by atoms with E-state index in [4.69, 9.17) is 14.2 Å². The maximum absolute atomic E-state index is 12.9. The molecule has 6 nitrogen and oxygen atoms in total. The monoisotopic (exact) mass is 1110 g/mol. The van der Waals surface area contributed by atoms with Gasteiger partial charge in [-0.05, 0) is 161 Å². The minimum absolute atomic E-state index is 0.121. The molecule has 0 aromatic carbocycles. The lowest BCUT2D eigenvalue weighted by atomic mass is 10.1. The largest absolute Gasteiger partial charge is 0.462 e. The van der Waals surface area contributed by atoms with E-state index in [2.05, 4.69) is 215 Å². The first-order valence-corrected chi connectivity index (χ1v) is 31.9. The SMILES string of the molecule is CC/C=C\C/C=C\C/C=C\C/C=C\C/C=C\C/C=C\C/C=C\C/C=C\CCCCC(=O)OCC(COC(=O)CCCCCCCCC/C=C\C/C=C\C/C=C\CC)OC(=O)CCCCC/C=C\C/C=C\C/C=C\C/C=C\C/C=C\CC. The average molecular weight is 1110 g/mol. The van der Waals surface area contributed by atoms with Gasteiger partial charge < -0.3 is 14.2 Å². The van der Waals surface area contributed by atoms with Crippen LogP contribution in [0.25, 0.3) is 0 Å². The molecule has 0 aliphatic heterocycles. The van der Waals surface area contributed by atoms with E-state index in [0.29, 0.717) is 19.3 Å². The quantitative estimate of drug-likeness (QED) is 0.0261. The number of carbonyl (C=O) groups is 3. The van der Waals surface area contributed by atoms with Crippen molar-refractivity contribution in [3.63, 3.8) is 0 Å². The third kappa shape index (κ3) is 64.9. The van der Waals surface area contributed by atoms with E-state index < -0.39 is 6.10 Å². The summed E-state index contributed by atoms with van der Waals surface area (Å²) in [5.41, 5.74) is 0. The first-order valence-electron chi connectivity index (χ1n) is 31.9. The number of hydrogen-bond donors (Lipinski definition) is 0. The highest BCUT2D eigenvalue weighted by molar-refractivity contribution is 5.71. The summed E-state index contributed by atoms with van der Waals surface area (Å²) in [7, 11) is 0. The molecule has 0 rings (SSSR count). The van der Waals surface area contributed by atoms with Gasteiger partial charge in [0.1, 0.15) is 13.2 Å². The molecule has 0 radical (unpaired) electrons. The van der Waals surface area contributed by atoms with Crippen LogP contribution < -0.4 is 0 Å². The van der Waals surface area contributed by atoms with Crippen molar-refractivity contribution in [1.29, 1.82) is 0 Å². The van der Waals surface area contributed by atoms with E-state index in [-0.39, 0.29) is 44.0 Å². The Morgan fingerprint density at radius 1 is 0.247 bits per heavy atom. The Morgan fingerprint density at radius 2 is 0.444 bits per heavy atom. The summed E-state index contributed by atoms with van der Waals surface area (Å²) in [5.74, 6) is -1.02. The standard InChI is InChI=1S/C75H114O6/c1-4-7-10-13-16-19-22-25-28-31-33-34-35-36-37-38-39-40-42-44-47-50-53-56-59-62-65-68-74(77)80-71-72(70-79-73(76)67-64-61-58-55-52-49-46-43-30-27-24-21-18-15-12-9-6-3)81-75(78)69-66-63-60-57-54-51-48-45-41-32-29-26-23-20-17-14-11-8-5-2/h7-12,16-21,25-30,33-34,36-37,39-41,44-45,47,51,53-54,56,72H,4-6,13-15,22-24,31-32,35,38,42-43,46,48-50,52,55,57-71H2,1-3H3/b10-7-,11-8-,12-9-,19-16-,20-17-,21-18-,28-25-,29-26-,30-27-,34-33-,37-36-,40-39-,45-41-,47-44-,54-51-,56-53-. The summed E-state index contributed by atoms with van der Waals surface area (Å²) in [5, 5.41) is 0. The first kappa shape index (κ1) is 75.2. The topological polar surface area (TPSA) is 78.9 Å². The maximum atomic E-state index is 12.9. The minimum Gasteiger partial charge on any atom is -0.462 e. The number of hydrogen-bond acceptors (Lipinski definition) is 6. The summed E-state index contributed by atoms with van der Waals surface area (Å²) >= 11 is 0. The molecule has 1 atom stereocenters. The molecule has 0 aliphatic carbocycles. The molecule has 0 saturated carbocycles. The molecule has 450 valence electrons. The van der Waals surface area contributed by atoms with E-state index in [1.54, 1.807) is 0 Å². The molecule has 0 N–H and O–H groups in total. The predicted octanol–water partition coefficient (Wildman–Crippen LogP) is 22.2. The number of rotatable bonds is 55. The highest BCUT2D eigenvalue weighted by Crippen LogP contribution is 2.13.